The number of nitrogens with one attached hydrogen (secondary N) is 1. The summed E-state index contributed by atoms with van der Waals surface area (Å²) in [5.74, 6) is -0.760. The average Bonchev–Trinajstić information content (AvgIpc) is 2.79. The molecule has 3 rings (SSSR count). The summed E-state index contributed by atoms with van der Waals surface area (Å²) in [5, 5.41) is 12.8. The molecule has 1 aliphatic rings. The monoisotopic (exact) mass is 409 g/mol. The number of piperidine rings is 1. The second-order valence-corrected chi connectivity index (χ2v) is 6.96. The molecule has 0 bridgehead atoms. The van der Waals surface area contributed by atoms with Gasteiger partial charge >= 0.3 is 5.97 Å². The summed E-state index contributed by atoms with van der Waals surface area (Å²) in [6.07, 6.45) is 2.60. The number of likely N-dealkylation sites (tertiary alicyclic amines) is 1. The van der Waals surface area contributed by atoms with E-state index in [-0.39, 0.29) is 23.3 Å². The maximum Gasteiger partial charge on any atom is 0.335 e. The van der Waals surface area contributed by atoms with Crippen molar-refractivity contribution in [2.24, 2.45) is 11.0 Å². The van der Waals surface area contributed by atoms with Crippen LogP contribution in [0, 0.1) is 5.92 Å². The lowest BCUT2D eigenvalue weighted by Gasteiger charge is -2.31. The Morgan fingerprint density at radius 1 is 1.03 bits per heavy atom. The molecular formula is C22H23N3O5. The van der Waals surface area contributed by atoms with Gasteiger partial charge in [0.15, 0.2) is 0 Å². The molecule has 8 heteroatoms. The molecule has 1 heterocycles. The van der Waals surface area contributed by atoms with Crippen molar-refractivity contribution in [3.8, 4) is 5.75 Å². The molecule has 0 unspecified atom stereocenters. The van der Waals surface area contributed by atoms with Gasteiger partial charge < -0.3 is 14.7 Å². The Morgan fingerprint density at radius 2 is 1.63 bits per heavy atom. The van der Waals surface area contributed by atoms with Gasteiger partial charge in [0.2, 0.25) is 5.91 Å². The van der Waals surface area contributed by atoms with Crippen molar-refractivity contribution in [1.82, 2.24) is 10.3 Å². The summed E-state index contributed by atoms with van der Waals surface area (Å²) in [4.78, 5) is 37.5. The van der Waals surface area contributed by atoms with Crippen LogP contribution in [0.5, 0.6) is 5.75 Å². The van der Waals surface area contributed by atoms with Crippen molar-refractivity contribution in [3.63, 3.8) is 0 Å². The Labute approximate surface area is 174 Å². The molecule has 2 N–H and O–H groups in total. The van der Waals surface area contributed by atoms with Crippen LogP contribution in [0.2, 0.25) is 0 Å². The van der Waals surface area contributed by atoms with E-state index in [9.17, 15) is 14.4 Å². The largest absolute Gasteiger partial charge is 0.497 e. The van der Waals surface area contributed by atoms with Crippen molar-refractivity contribution in [2.45, 2.75) is 12.8 Å². The first kappa shape index (κ1) is 21.0. The first-order valence-electron chi connectivity index (χ1n) is 9.57. The Balaban J connectivity index is 1.47. The molecular weight excluding hydrogens is 386 g/mol. The van der Waals surface area contributed by atoms with Crippen LogP contribution in [0.4, 0.5) is 0 Å². The molecule has 30 heavy (non-hydrogen) atoms. The summed E-state index contributed by atoms with van der Waals surface area (Å²) in [7, 11) is 1.58. The molecule has 0 spiro atoms. The van der Waals surface area contributed by atoms with Crippen LogP contribution in [0.25, 0.3) is 0 Å². The number of hydrogen-bond donors (Lipinski definition) is 2. The summed E-state index contributed by atoms with van der Waals surface area (Å²) in [6, 6.07) is 13.1. The van der Waals surface area contributed by atoms with Crippen molar-refractivity contribution >= 4 is 24.0 Å². The van der Waals surface area contributed by atoms with Gasteiger partial charge in [0.1, 0.15) is 5.75 Å². The molecule has 2 aromatic rings. The third-order valence-electron chi connectivity index (χ3n) is 5.04. The van der Waals surface area contributed by atoms with Crippen LogP contribution in [0.15, 0.2) is 53.6 Å². The van der Waals surface area contributed by atoms with Gasteiger partial charge in [-0.05, 0) is 54.8 Å². The lowest BCUT2D eigenvalue weighted by molar-refractivity contribution is -0.126. The second-order valence-electron chi connectivity index (χ2n) is 6.96. The standard InChI is InChI=1S/C22H23N3O5/c1-30-19-8-6-17(7-9-19)21(27)25-12-10-16(11-13-25)20(26)24-23-14-15-2-4-18(5-3-15)22(28)29/h2-9,14,16H,10-13H2,1H3,(H,24,26)(H,28,29)/b23-14-. The van der Waals surface area contributed by atoms with E-state index in [1.165, 1.54) is 18.3 Å². The number of benzene rings is 2. The van der Waals surface area contributed by atoms with E-state index < -0.39 is 5.97 Å². The number of aromatic carboxylic acids is 1. The topological polar surface area (TPSA) is 108 Å². The third-order valence-corrected chi connectivity index (χ3v) is 5.04. The van der Waals surface area contributed by atoms with Crippen molar-refractivity contribution in [3.05, 3.63) is 65.2 Å². The minimum absolute atomic E-state index is 0.0562. The van der Waals surface area contributed by atoms with Gasteiger partial charge in [-0.1, -0.05) is 12.1 Å². The predicted octanol–water partition coefficient (Wildman–Crippen LogP) is 2.40. The minimum atomic E-state index is -0.997. The predicted molar refractivity (Wildman–Crippen MR) is 111 cm³/mol. The van der Waals surface area contributed by atoms with Gasteiger partial charge in [-0.15, -0.1) is 0 Å². The smallest absolute Gasteiger partial charge is 0.335 e. The SMILES string of the molecule is COc1ccc(C(=O)N2CCC(C(=O)N/N=C\c3ccc(C(=O)O)cc3)CC2)cc1. The number of methoxy groups -OCH3 is 1. The zero-order valence-corrected chi connectivity index (χ0v) is 16.6. The van der Waals surface area contributed by atoms with Gasteiger partial charge in [-0.3, -0.25) is 9.59 Å². The number of hydrazone groups is 1. The Hall–Kier alpha value is -3.68. The van der Waals surface area contributed by atoms with E-state index in [0.29, 0.717) is 42.8 Å². The molecule has 2 aromatic carbocycles. The van der Waals surface area contributed by atoms with Crippen LogP contribution >= 0.6 is 0 Å². The highest BCUT2D eigenvalue weighted by molar-refractivity contribution is 5.94. The summed E-state index contributed by atoms with van der Waals surface area (Å²) >= 11 is 0. The molecule has 2 amide bonds. The van der Waals surface area contributed by atoms with E-state index in [4.69, 9.17) is 9.84 Å². The number of carboxylic acid groups (broad SMARTS) is 1. The highest BCUT2D eigenvalue weighted by atomic mass is 16.5. The highest BCUT2D eigenvalue weighted by Crippen LogP contribution is 2.20. The van der Waals surface area contributed by atoms with Crippen molar-refractivity contribution in [1.29, 1.82) is 0 Å². The number of amides is 2. The van der Waals surface area contributed by atoms with Crippen molar-refractivity contribution in [2.75, 3.05) is 20.2 Å². The van der Waals surface area contributed by atoms with Gasteiger partial charge in [-0.25, -0.2) is 10.2 Å². The fraction of sp³-hybridized carbons (Fsp3) is 0.273. The number of ether oxygens (including phenoxy) is 1. The lowest BCUT2D eigenvalue weighted by atomic mass is 9.95. The zero-order chi connectivity index (χ0) is 21.5. The van der Waals surface area contributed by atoms with Gasteiger partial charge in [0, 0.05) is 24.6 Å². The van der Waals surface area contributed by atoms with Crippen LogP contribution < -0.4 is 10.2 Å². The number of carboxylic acids is 1. The normalized spacial score (nSPS) is 14.5. The molecule has 0 saturated carbocycles. The average molecular weight is 409 g/mol. The fourth-order valence-corrected chi connectivity index (χ4v) is 3.23. The second kappa shape index (κ2) is 9.69. The quantitative estimate of drug-likeness (QED) is 0.563. The molecule has 8 nitrogen and oxygen atoms in total. The zero-order valence-electron chi connectivity index (χ0n) is 16.6. The summed E-state index contributed by atoms with van der Waals surface area (Å²) in [5.41, 5.74) is 3.99. The van der Waals surface area contributed by atoms with Crippen molar-refractivity contribution < 1.29 is 24.2 Å². The Bertz CT molecular complexity index is 930. The molecule has 156 valence electrons. The minimum Gasteiger partial charge on any atom is -0.497 e. The lowest BCUT2D eigenvalue weighted by Crippen LogP contribution is -2.42. The van der Waals surface area contributed by atoms with Crippen LogP contribution in [0.3, 0.4) is 0 Å². The number of nitrogens with zero attached hydrogens (tertiary/aromatic N) is 2. The first-order valence-corrected chi connectivity index (χ1v) is 9.57. The van der Waals surface area contributed by atoms with Gasteiger partial charge in [0.05, 0.1) is 18.9 Å². The van der Waals surface area contributed by atoms with E-state index >= 15 is 0 Å². The molecule has 0 aromatic heterocycles. The Kier molecular flexibility index (Phi) is 6.79. The van der Waals surface area contributed by atoms with Crippen LogP contribution in [-0.2, 0) is 4.79 Å². The van der Waals surface area contributed by atoms with Gasteiger partial charge in [-0.2, -0.15) is 5.10 Å². The third kappa shape index (κ3) is 5.22. The molecule has 1 fully saturated rings. The van der Waals surface area contributed by atoms with E-state index in [1.807, 2.05) is 0 Å². The number of rotatable bonds is 6. The number of carbonyl (C=O) groups excluding carboxylic acids is 2. The van der Waals surface area contributed by atoms with E-state index in [0.717, 1.165) is 0 Å². The first-order chi connectivity index (χ1) is 14.5. The summed E-state index contributed by atoms with van der Waals surface area (Å²) in [6.45, 7) is 1.01. The number of hydrogen-bond acceptors (Lipinski definition) is 5. The number of carbonyl (C=O) groups is 3. The maximum atomic E-state index is 12.6. The molecule has 0 aliphatic carbocycles. The summed E-state index contributed by atoms with van der Waals surface area (Å²) < 4.78 is 5.11. The molecule has 1 aliphatic heterocycles. The maximum absolute atomic E-state index is 12.6. The fourth-order valence-electron chi connectivity index (χ4n) is 3.23. The van der Waals surface area contributed by atoms with E-state index in [1.54, 1.807) is 48.4 Å². The Morgan fingerprint density at radius 3 is 2.20 bits per heavy atom. The molecule has 0 atom stereocenters. The molecule has 1 saturated heterocycles. The van der Waals surface area contributed by atoms with E-state index in [2.05, 4.69) is 10.5 Å². The van der Waals surface area contributed by atoms with Crippen LogP contribution in [-0.4, -0.2) is 54.2 Å². The highest BCUT2D eigenvalue weighted by Gasteiger charge is 2.27. The molecule has 0 radical (unpaired) electrons. The van der Waals surface area contributed by atoms with Gasteiger partial charge in [0.25, 0.3) is 5.91 Å². The van der Waals surface area contributed by atoms with Crippen LogP contribution in [0.1, 0.15) is 39.1 Å².